The maximum atomic E-state index is 10.8. The van der Waals surface area contributed by atoms with Crippen LogP contribution in [0.3, 0.4) is 0 Å². The Bertz CT molecular complexity index is 827. The fraction of sp³-hybridized carbons (Fsp3) is 0.111. The fourth-order valence-corrected chi connectivity index (χ4v) is 3.22. The van der Waals surface area contributed by atoms with E-state index in [1.54, 1.807) is 12.5 Å². The van der Waals surface area contributed by atoms with E-state index in [-0.39, 0.29) is 6.42 Å². The lowest BCUT2D eigenvalue weighted by Gasteiger charge is -2.10. The van der Waals surface area contributed by atoms with Crippen LogP contribution in [0.15, 0.2) is 53.9 Å². The number of benzene rings is 2. The van der Waals surface area contributed by atoms with Gasteiger partial charge in [0.15, 0.2) is 0 Å². The van der Waals surface area contributed by atoms with Crippen molar-refractivity contribution >= 4 is 17.3 Å². The highest BCUT2D eigenvalue weighted by Crippen LogP contribution is 2.36. The highest BCUT2D eigenvalue weighted by Gasteiger charge is 2.13. The number of hydrogen-bond donors (Lipinski definition) is 1. The van der Waals surface area contributed by atoms with E-state index in [1.165, 1.54) is 11.3 Å². The molecule has 0 aliphatic carbocycles. The highest BCUT2D eigenvalue weighted by atomic mass is 32.1. The molecule has 1 N–H and O–H groups in total. The number of carboxylic acid groups (broad SMARTS) is 1. The van der Waals surface area contributed by atoms with E-state index in [1.807, 2.05) is 48.5 Å². The number of carbonyl (C=O) groups is 1. The van der Waals surface area contributed by atoms with E-state index in [2.05, 4.69) is 4.98 Å². The third-order valence-electron chi connectivity index (χ3n) is 3.43. The zero-order valence-electron chi connectivity index (χ0n) is 12.5. The van der Waals surface area contributed by atoms with E-state index in [0.29, 0.717) is 5.69 Å². The molecule has 3 aromatic rings. The van der Waals surface area contributed by atoms with Gasteiger partial charge in [-0.3, -0.25) is 4.79 Å². The maximum absolute atomic E-state index is 10.8. The average Bonchev–Trinajstić information content (AvgIpc) is 3.02. The molecule has 0 atom stereocenters. The van der Waals surface area contributed by atoms with Crippen molar-refractivity contribution in [3.05, 3.63) is 59.6 Å². The van der Waals surface area contributed by atoms with Crippen LogP contribution in [0.4, 0.5) is 0 Å². The second-order valence-corrected chi connectivity index (χ2v) is 5.85. The lowest BCUT2D eigenvalue weighted by Crippen LogP contribution is -2.00. The summed E-state index contributed by atoms with van der Waals surface area (Å²) in [5.74, 6) is -0.102. The molecular formula is C18H15NO3S. The highest BCUT2D eigenvalue weighted by molar-refractivity contribution is 7.13. The van der Waals surface area contributed by atoms with E-state index >= 15 is 0 Å². The Morgan fingerprint density at radius 3 is 2.65 bits per heavy atom. The van der Waals surface area contributed by atoms with E-state index in [4.69, 9.17) is 9.84 Å². The molecule has 0 spiro atoms. The lowest BCUT2D eigenvalue weighted by molar-refractivity contribution is -0.136. The van der Waals surface area contributed by atoms with Crippen molar-refractivity contribution in [2.75, 3.05) is 7.11 Å². The first-order valence-corrected chi connectivity index (χ1v) is 7.95. The van der Waals surface area contributed by atoms with Crippen LogP contribution in [0, 0.1) is 0 Å². The molecule has 0 fully saturated rings. The lowest BCUT2D eigenvalue weighted by atomic mass is 9.99. The molecule has 0 unspecified atom stereocenters. The topological polar surface area (TPSA) is 59.4 Å². The molecule has 0 bridgehead atoms. The van der Waals surface area contributed by atoms with Crippen LogP contribution in [0.5, 0.6) is 5.75 Å². The molecule has 23 heavy (non-hydrogen) atoms. The Balaban J connectivity index is 2.08. The third-order valence-corrected chi connectivity index (χ3v) is 4.35. The van der Waals surface area contributed by atoms with Crippen LogP contribution in [-0.2, 0) is 11.2 Å². The molecule has 4 nitrogen and oxygen atoms in total. The van der Waals surface area contributed by atoms with Crippen LogP contribution in [0.1, 0.15) is 5.69 Å². The summed E-state index contributed by atoms with van der Waals surface area (Å²) in [4.78, 5) is 15.3. The minimum Gasteiger partial charge on any atom is -0.497 e. The Hall–Kier alpha value is -2.66. The van der Waals surface area contributed by atoms with Gasteiger partial charge in [-0.05, 0) is 29.3 Å². The number of methoxy groups -OCH3 is 1. The number of carboxylic acids is 1. The van der Waals surface area contributed by atoms with Gasteiger partial charge in [0.25, 0.3) is 0 Å². The van der Waals surface area contributed by atoms with Crippen molar-refractivity contribution in [3.8, 4) is 27.4 Å². The molecular weight excluding hydrogens is 310 g/mol. The number of ether oxygens (including phenoxy) is 1. The molecule has 1 heterocycles. The summed E-state index contributed by atoms with van der Waals surface area (Å²) in [7, 11) is 1.64. The zero-order chi connectivity index (χ0) is 16.2. The molecule has 2 aromatic carbocycles. The molecule has 3 rings (SSSR count). The van der Waals surface area contributed by atoms with Gasteiger partial charge in [0.05, 0.1) is 19.2 Å². The van der Waals surface area contributed by atoms with Crippen LogP contribution < -0.4 is 4.74 Å². The molecule has 5 heteroatoms. The summed E-state index contributed by atoms with van der Waals surface area (Å²) < 4.78 is 5.33. The normalized spacial score (nSPS) is 10.5. The second-order valence-electron chi connectivity index (χ2n) is 4.99. The SMILES string of the molecule is COc1ccc(-c2nc(CC(=O)O)cs2)c(-c2ccccc2)c1. The fourth-order valence-electron chi connectivity index (χ4n) is 2.36. The molecule has 0 aliphatic rings. The van der Waals surface area contributed by atoms with Gasteiger partial charge in [-0.1, -0.05) is 30.3 Å². The van der Waals surface area contributed by atoms with Crippen molar-refractivity contribution < 1.29 is 14.6 Å². The van der Waals surface area contributed by atoms with Crippen LogP contribution in [0.2, 0.25) is 0 Å². The number of rotatable bonds is 5. The van der Waals surface area contributed by atoms with Gasteiger partial charge < -0.3 is 9.84 Å². The van der Waals surface area contributed by atoms with Crippen LogP contribution >= 0.6 is 11.3 Å². The number of aromatic nitrogens is 1. The molecule has 0 saturated carbocycles. The summed E-state index contributed by atoms with van der Waals surface area (Å²) >= 11 is 1.45. The van der Waals surface area contributed by atoms with Crippen molar-refractivity contribution in [2.24, 2.45) is 0 Å². The number of thiazole rings is 1. The Kier molecular flexibility index (Phi) is 4.39. The predicted octanol–water partition coefficient (Wildman–Crippen LogP) is 4.11. The number of hydrogen-bond acceptors (Lipinski definition) is 4. The second kappa shape index (κ2) is 6.62. The van der Waals surface area contributed by atoms with Gasteiger partial charge in [-0.25, -0.2) is 4.98 Å². The Morgan fingerprint density at radius 2 is 1.96 bits per heavy atom. The van der Waals surface area contributed by atoms with Gasteiger partial charge in [-0.15, -0.1) is 11.3 Å². The van der Waals surface area contributed by atoms with E-state index in [0.717, 1.165) is 27.4 Å². The van der Waals surface area contributed by atoms with E-state index in [9.17, 15) is 4.79 Å². The monoisotopic (exact) mass is 325 g/mol. The smallest absolute Gasteiger partial charge is 0.309 e. The molecule has 1 aromatic heterocycles. The summed E-state index contributed by atoms with van der Waals surface area (Å²) in [5, 5.41) is 11.5. The van der Waals surface area contributed by atoms with Crippen molar-refractivity contribution in [1.82, 2.24) is 4.98 Å². The summed E-state index contributed by atoms with van der Waals surface area (Å²) in [6.45, 7) is 0. The van der Waals surface area contributed by atoms with E-state index < -0.39 is 5.97 Å². The molecule has 116 valence electrons. The quantitative estimate of drug-likeness (QED) is 0.767. The molecule has 0 amide bonds. The minimum atomic E-state index is -0.875. The Labute approximate surface area is 138 Å². The number of nitrogens with zero attached hydrogens (tertiary/aromatic N) is 1. The number of aliphatic carboxylic acids is 1. The first kappa shape index (κ1) is 15.2. The zero-order valence-corrected chi connectivity index (χ0v) is 13.3. The Morgan fingerprint density at radius 1 is 1.17 bits per heavy atom. The van der Waals surface area contributed by atoms with Gasteiger partial charge >= 0.3 is 5.97 Å². The molecule has 0 aliphatic heterocycles. The summed E-state index contributed by atoms with van der Waals surface area (Å²) in [6, 6.07) is 15.8. The molecule has 0 saturated heterocycles. The first-order chi connectivity index (χ1) is 11.2. The van der Waals surface area contributed by atoms with Gasteiger partial charge in [0, 0.05) is 10.9 Å². The largest absolute Gasteiger partial charge is 0.497 e. The summed E-state index contributed by atoms with van der Waals surface area (Å²) in [5.41, 5.74) is 3.63. The third kappa shape index (κ3) is 3.40. The van der Waals surface area contributed by atoms with Crippen LogP contribution in [0.25, 0.3) is 21.7 Å². The van der Waals surface area contributed by atoms with Crippen LogP contribution in [-0.4, -0.2) is 23.2 Å². The summed E-state index contributed by atoms with van der Waals surface area (Å²) in [6.07, 6.45) is -0.0622. The maximum Gasteiger partial charge on any atom is 0.309 e. The predicted molar refractivity (Wildman–Crippen MR) is 90.9 cm³/mol. The van der Waals surface area contributed by atoms with Gasteiger partial charge in [0.2, 0.25) is 0 Å². The van der Waals surface area contributed by atoms with Crippen molar-refractivity contribution in [2.45, 2.75) is 6.42 Å². The first-order valence-electron chi connectivity index (χ1n) is 7.07. The van der Waals surface area contributed by atoms with Crippen molar-refractivity contribution in [3.63, 3.8) is 0 Å². The minimum absolute atomic E-state index is 0.0622. The van der Waals surface area contributed by atoms with Crippen molar-refractivity contribution in [1.29, 1.82) is 0 Å². The standard InChI is InChI=1S/C18H15NO3S/c1-22-14-7-8-15(16(10-14)12-5-3-2-4-6-12)18-19-13(11-23-18)9-17(20)21/h2-8,10-11H,9H2,1H3,(H,20,21). The molecule has 0 radical (unpaired) electrons. The van der Waals surface area contributed by atoms with Gasteiger partial charge in [0.1, 0.15) is 10.8 Å². The average molecular weight is 325 g/mol. The van der Waals surface area contributed by atoms with Gasteiger partial charge in [-0.2, -0.15) is 0 Å².